The number of likely N-dealkylation sites (tertiary alicyclic amines) is 1. The fourth-order valence-electron chi connectivity index (χ4n) is 4.51. The standard InChI is InChI=1S/C22H14N6O7/c23-10-12(11-24)19-15-6-13(26(30)31)8-17(22(29)25-4-2-1-3-5-25)20(15)21-16(19)7-14(27(32)33)9-18(21)28(34)35/h6-9H,1-5H2. The summed E-state index contributed by atoms with van der Waals surface area (Å²) in [6, 6.07) is 7.00. The van der Waals surface area contributed by atoms with Crippen molar-refractivity contribution in [2.75, 3.05) is 13.1 Å². The summed E-state index contributed by atoms with van der Waals surface area (Å²) in [5.41, 5.74) is -3.49. The number of benzene rings is 2. The van der Waals surface area contributed by atoms with Crippen LogP contribution in [0.4, 0.5) is 17.1 Å². The van der Waals surface area contributed by atoms with Crippen LogP contribution in [0.2, 0.25) is 0 Å². The van der Waals surface area contributed by atoms with Gasteiger partial charge in [-0.1, -0.05) is 0 Å². The number of piperidine rings is 1. The highest BCUT2D eigenvalue weighted by molar-refractivity contribution is 6.14. The number of nitrogens with zero attached hydrogens (tertiary/aromatic N) is 6. The van der Waals surface area contributed by atoms with Crippen LogP contribution in [0.3, 0.4) is 0 Å². The highest BCUT2D eigenvalue weighted by Gasteiger charge is 2.40. The summed E-state index contributed by atoms with van der Waals surface area (Å²) in [6.07, 6.45) is 2.32. The van der Waals surface area contributed by atoms with Crippen LogP contribution in [0.15, 0.2) is 29.8 Å². The van der Waals surface area contributed by atoms with E-state index < -0.39 is 43.3 Å². The summed E-state index contributed by atoms with van der Waals surface area (Å²) in [7, 11) is 0. The number of nitro groups is 3. The average Bonchev–Trinajstić information content (AvgIpc) is 3.18. The van der Waals surface area contributed by atoms with Crippen LogP contribution < -0.4 is 0 Å². The highest BCUT2D eigenvalue weighted by Crippen LogP contribution is 2.53. The van der Waals surface area contributed by atoms with Crippen LogP contribution >= 0.6 is 0 Å². The summed E-state index contributed by atoms with van der Waals surface area (Å²) < 4.78 is 0. The van der Waals surface area contributed by atoms with E-state index in [9.17, 15) is 45.7 Å². The van der Waals surface area contributed by atoms with Gasteiger partial charge in [0.05, 0.1) is 32.0 Å². The van der Waals surface area contributed by atoms with Crippen molar-refractivity contribution in [3.8, 4) is 23.3 Å². The van der Waals surface area contributed by atoms with Crippen molar-refractivity contribution < 1.29 is 19.6 Å². The molecular weight excluding hydrogens is 460 g/mol. The monoisotopic (exact) mass is 474 g/mol. The number of non-ortho nitro benzene ring substituents is 2. The van der Waals surface area contributed by atoms with Gasteiger partial charge in [-0.15, -0.1) is 0 Å². The van der Waals surface area contributed by atoms with Crippen LogP contribution in [-0.4, -0.2) is 38.7 Å². The lowest BCUT2D eigenvalue weighted by molar-refractivity contribution is -0.393. The number of hydrogen-bond acceptors (Lipinski definition) is 9. The van der Waals surface area contributed by atoms with Crippen molar-refractivity contribution in [3.05, 3.63) is 76.9 Å². The number of allylic oxidation sites excluding steroid dienone is 1. The van der Waals surface area contributed by atoms with Crippen molar-refractivity contribution in [2.45, 2.75) is 19.3 Å². The second-order valence-corrected chi connectivity index (χ2v) is 7.90. The Morgan fingerprint density at radius 3 is 1.86 bits per heavy atom. The molecule has 1 fully saturated rings. The van der Waals surface area contributed by atoms with E-state index in [-0.39, 0.29) is 33.4 Å². The molecule has 1 heterocycles. The molecule has 174 valence electrons. The molecule has 0 aromatic heterocycles. The van der Waals surface area contributed by atoms with Crippen molar-refractivity contribution in [1.82, 2.24) is 4.90 Å². The summed E-state index contributed by atoms with van der Waals surface area (Å²) in [4.78, 5) is 47.6. The van der Waals surface area contributed by atoms with Gasteiger partial charge in [-0.05, 0) is 19.3 Å². The molecule has 4 rings (SSSR count). The molecule has 1 aliphatic heterocycles. The predicted octanol–water partition coefficient (Wildman–Crippen LogP) is 3.87. The minimum Gasteiger partial charge on any atom is -0.339 e. The van der Waals surface area contributed by atoms with E-state index in [1.165, 1.54) is 4.90 Å². The topological polar surface area (TPSA) is 197 Å². The van der Waals surface area contributed by atoms with E-state index in [2.05, 4.69) is 0 Å². The molecule has 13 nitrogen and oxygen atoms in total. The Hall–Kier alpha value is -5.17. The highest BCUT2D eigenvalue weighted by atomic mass is 16.6. The third kappa shape index (κ3) is 3.71. The molecule has 0 N–H and O–H groups in total. The van der Waals surface area contributed by atoms with Gasteiger partial charge in [0, 0.05) is 53.6 Å². The Balaban J connectivity index is 2.18. The molecule has 0 radical (unpaired) electrons. The van der Waals surface area contributed by atoms with E-state index in [4.69, 9.17) is 0 Å². The summed E-state index contributed by atoms with van der Waals surface area (Å²) in [6.45, 7) is 0.770. The number of carbonyl (C=O) groups is 1. The maximum absolute atomic E-state index is 13.5. The average molecular weight is 474 g/mol. The van der Waals surface area contributed by atoms with E-state index in [1.807, 2.05) is 0 Å². The summed E-state index contributed by atoms with van der Waals surface area (Å²) >= 11 is 0. The van der Waals surface area contributed by atoms with Gasteiger partial charge in [0.2, 0.25) is 0 Å². The van der Waals surface area contributed by atoms with E-state index in [0.717, 1.165) is 30.7 Å². The molecule has 2 aromatic rings. The number of hydrogen-bond donors (Lipinski definition) is 0. The fraction of sp³-hybridized carbons (Fsp3) is 0.227. The molecule has 1 aliphatic carbocycles. The van der Waals surface area contributed by atoms with Crippen molar-refractivity contribution >= 4 is 28.5 Å². The maximum Gasteiger partial charge on any atom is 0.284 e. The van der Waals surface area contributed by atoms with E-state index >= 15 is 0 Å². The zero-order chi connectivity index (χ0) is 25.4. The van der Waals surface area contributed by atoms with Crippen LogP contribution in [0.25, 0.3) is 16.7 Å². The van der Waals surface area contributed by atoms with Crippen molar-refractivity contribution in [3.63, 3.8) is 0 Å². The van der Waals surface area contributed by atoms with Crippen molar-refractivity contribution in [2.24, 2.45) is 0 Å². The van der Waals surface area contributed by atoms with Crippen LogP contribution in [-0.2, 0) is 0 Å². The molecule has 0 saturated carbocycles. The Morgan fingerprint density at radius 1 is 0.800 bits per heavy atom. The quantitative estimate of drug-likeness (QED) is 0.306. The van der Waals surface area contributed by atoms with Gasteiger partial charge in [0.25, 0.3) is 23.0 Å². The number of fused-ring (bicyclic) bond motifs is 3. The van der Waals surface area contributed by atoms with Gasteiger partial charge in [-0.3, -0.25) is 35.1 Å². The Bertz CT molecular complexity index is 1440. The van der Waals surface area contributed by atoms with Gasteiger partial charge in [-0.2, -0.15) is 10.5 Å². The number of amides is 1. The smallest absolute Gasteiger partial charge is 0.284 e. The lowest BCUT2D eigenvalue weighted by Crippen LogP contribution is -2.36. The number of nitriles is 2. The van der Waals surface area contributed by atoms with Crippen LogP contribution in [0.5, 0.6) is 0 Å². The molecule has 0 unspecified atom stereocenters. The number of nitro benzene ring substituents is 3. The van der Waals surface area contributed by atoms with Gasteiger partial charge in [-0.25, -0.2) is 0 Å². The molecule has 13 heteroatoms. The number of carbonyl (C=O) groups excluding carboxylic acids is 1. The van der Waals surface area contributed by atoms with E-state index in [0.29, 0.717) is 25.9 Å². The second-order valence-electron chi connectivity index (χ2n) is 7.90. The molecular formula is C22H14N6O7. The summed E-state index contributed by atoms with van der Waals surface area (Å²) in [5.74, 6) is -0.597. The molecule has 2 aliphatic rings. The van der Waals surface area contributed by atoms with Gasteiger partial charge < -0.3 is 4.90 Å². The first kappa shape index (κ1) is 23.0. The third-order valence-electron chi connectivity index (χ3n) is 5.98. The Labute approximate surface area is 196 Å². The van der Waals surface area contributed by atoms with Crippen molar-refractivity contribution in [1.29, 1.82) is 10.5 Å². The lowest BCUT2D eigenvalue weighted by atomic mass is 9.95. The first-order chi connectivity index (χ1) is 16.7. The van der Waals surface area contributed by atoms with Gasteiger partial charge in [0.1, 0.15) is 17.7 Å². The molecule has 0 bridgehead atoms. The first-order valence-electron chi connectivity index (χ1n) is 10.3. The zero-order valence-electron chi connectivity index (χ0n) is 17.9. The Kier molecular flexibility index (Phi) is 5.68. The minimum atomic E-state index is -0.868. The number of rotatable bonds is 4. The zero-order valence-corrected chi connectivity index (χ0v) is 17.9. The minimum absolute atomic E-state index is 0.0687. The first-order valence-corrected chi connectivity index (χ1v) is 10.3. The maximum atomic E-state index is 13.5. The SMILES string of the molecule is N#CC(C#N)=C1c2cc([N+](=O)[O-])cc(C(=O)N3CCCCC3)c2-c2c1cc([N+](=O)[O-])cc2[N+](=O)[O-]. The predicted molar refractivity (Wildman–Crippen MR) is 119 cm³/mol. The molecule has 1 saturated heterocycles. The Morgan fingerprint density at radius 2 is 1.34 bits per heavy atom. The fourth-order valence-corrected chi connectivity index (χ4v) is 4.51. The molecule has 0 atom stereocenters. The third-order valence-corrected chi connectivity index (χ3v) is 5.98. The van der Waals surface area contributed by atoms with Crippen LogP contribution in [0.1, 0.15) is 40.7 Å². The second kappa shape index (κ2) is 8.64. The van der Waals surface area contributed by atoms with Crippen LogP contribution in [0, 0.1) is 53.0 Å². The molecule has 0 spiro atoms. The largest absolute Gasteiger partial charge is 0.339 e. The lowest BCUT2D eigenvalue weighted by Gasteiger charge is -2.27. The normalized spacial score (nSPS) is 13.8. The van der Waals surface area contributed by atoms with E-state index in [1.54, 1.807) is 12.1 Å². The summed E-state index contributed by atoms with van der Waals surface area (Å²) in [5, 5.41) is 54.2. The molecule has 35 heavy (non-hydrogen) atoms. The molecule has 1 amide bonds. The van der Waals surface area contributed by atoms with Gasteiger partial charge >= 0.3 is 0 Å². The molecule has 2 aromatic carbocycles. The van der Waals surface area contributed by atoms with Gasteiger partial charge in [0.15, 0.2) is 0 Å².